The lowest BCUT2D eigenvalue weighted by Gasteiger charge is -2.15. The second-order valence-electron chi connectivity index (χ2n) is 7.43. The Morgan fingerprint density at radius 2 is 1.91 bits per heavy atom. The third-order valence-corrected chi connectivity index (χ3v) is 6.18. The van der Waals surface area contributed by atoms with Crippen LogP contribution in [-0.4, -0.2) is 30.5 Å². The number of nitrogens with one attached hydrogen (secondary N) is 1. The van der Waals surface area contributed by atoms with Crippen LogP contribution in [0.2, 0.25) is 0 Å². The van der Waals surface area contributed by atoms with E-state index < -0.39 is 0 Å². The van der Waals surface area contributed by atoms with Crippen molar-refractivity contribution in [3.63, 3.8) is 0 Å². The highest BCUT2D eigenvalue weighted by Crippen LogP contribution is 2.23. The molecule has 0 radical (unpaired) electrons. The minimum atomic E-state index is -0.193. The molecule has 2 aromatic carbocycles. The molecule has 10 heteroatoms. The molecule has 8 nitrogen and oxygen atoms in total. The van der Waals surface area contributed by atoms with Crippen LogP contribution in [0.5, 0.6) is 0 Å². The van der Waals surface area contributed by atoms with E-state index in [2.05, 4.69) is 36.5 Å². The molecule has 0 fully saturated rings. The van der Waals surface area contributed by atoms with E-state index >= 15 is 0 Å². The summed E-state index contributed by atoms with van der Waals surface area (Å²) in [5.74, 6) is 0.285. The molecule has 0 aliphatic carbocycles. The van der Waals surface area contributed by atoms with Crippen molar-refractivity contribution in [2.45, 2.75) is 37.3 Å². The number of benzene rings is 2. The number of aromatic nitrogens is 5. The SMILES string of the molecule is CC(C)n1c(SCc2cn(CC(=O)Nc3ccc(Br)cc3)nn2)nc2ccccc2c1=O. The maximum absolute atomic E-state index is 12.9. The Morgan fingerprint density at radius 3 is 2.66 bits per heavy atom. The summed E-state index contributed by atoms with van der Waals surface area (Å²) in [6, 6.07) is 14.7. The number of carbonyl (C=O) groups excluding carboxylic acids is 1. The summed E-state index contributed by atoms with van der Waals surface area (Å²) in [7, 11) is 0. The minimum Gasteiger partial charge on any atom is -0.324 e. The van der Waals surface area contributed by atoms with E-state index in [1.165, 1.54) is 16.4 Å². The average Bonchev–Trinajstić information content (AvgIpc) is 3.20. The molecule has 0 bridgehead atoms. The van der Waals surface area contributed by atoms with E-state index in [-0.39, 0.29) is 24.1 Å². The molecule has 0 spiro atoms. The Hall–Kier alpha value is -2.98. The van der Waals surface area contributed by atoms with E-state index in [0.29, 0.717) is 33.2 Å². The molecule has 4 rings (SSSR count). The van der Waals surface area contributed by atoms with Crippen LogP contribution in [0.15, 0.2) is 69.2 Å². The number of amides is 1. The van der Waals surface area contributed by atoms with Crippen LogP contribution in [0.1, 0.15) is 25.6 Å². The van der Waals surface area contributed by atoms with E-state index in [1.807, 2.05) is 56.3 Å². The van der Waals surface area contributed by atoms with Gasteiger partial charge in [0.25, 0.3) is 5.56 Å². The van der Waals surface area contributed by atoms with Crippen LogP contribution < -0.4 is 10.9 Å². The lowest BCUT2D eigenvalue weighted by atomic mass is 10.2. The third kappa shape index (κ3) is 5.08. The molecule has 0 saturated heterocycles. The quantitative estimate of drug-likeness (QED) is 0.293. The van der Waals surface area contributed by atoms with Crippen LogP contribution in [-0.2, 0) is 17.1 Å². The standard InChI is InChI=1S/C22H21BrN6O2S/c1-14(2)29-21(31)18-5-3-4-6-19(18)25-22(29)32-13-17-11-28(27-26-17)12-20(30)24-16-9-7-15(23)8-10-16/h3-11,14H,12-13H2,1-2H3,(H,24,30). The number of para-hydroxylation sites is 1. The van der Waals surface area contributed by atoms with Gasteiger partial charge in [0.2, 0.25) is 5.91 Å². The lowest BCUT2D eigenvalue weighted by Crippen LogP contribution is -2.25. The Labute approximate surface area is 197 Å². The number of rotatable bonds is 7. The van der Waals surface area contributed by atoms with Crippen LogP contribution in [0, 0.1) is 0 Å². The number of nitrogens with zero attached hydrogens (tertiary/aromatic N) is 5. The zero-order valence-electron chi connectivity index (χ0n) is 17.5. The summed E-state index contributed by atoms with van der Waals surface area (Å²) >= 11 is 4.79. The van der Waals surface area contributed by atoms with Gasteiger partial charge in [-0.05, 0) is 50.2 Å². The number of hydrogen-bond acceptors (Lipinski definition) is 6. The summed E-state index contributed by atoms with van der Waals surface area (Å²) < 4.78 is 4.13. The summed E-state index contributed by atoms with van der Waals surface area (Å²) in [6.45, 7) is 3.98. The fourth-order valence-corrected chi connectivity index (χ4v) is 4.45. The lowest BCUT2D eigenvalue weighted by molar-refractivity contribution is -0.116. The van der Waals surface area contributed by atoms with Crippen LogP contribution in [0.4, 0.5) is 5.69 Å². The molecule has 1 amide bonds. The van der Waals surface area contributed by atoms with Crippen molar-refractivity contribution in [3.05, 3.63) is 75.2 Å². The molecule has 0 aliphatic heterocycles. The molecule has 4 aromatic rings. The van der Waals surface area contributed by atoms with Gasteiger partial charge in [-0.3, -0.25) is 14.2 Å². The molecule has 0 saturated carbocycles. The number of fused-ring (bicyclic) bond motifs is 1. The number of carbonyl (C=O) groups is 1. The Bertz CT molecular complexity index is 1320. The summed E-state index contributed by atoms with van der Waals surface area (Å²) in [4.78, 5) is 29.9. The Balaban J connectivity index is 1.44. The summed E-state index contributed by atoms with van der Waals surface area (Å²) in [6.07, 6.45) is 1.73. The Kier molecular flexibility index (Phi) is 6.71. The molecule has 2 aromatic heterocycles. The van der Waals surface area contributed by atoms with Crippen molar-refractivity contribution >= 4 is 50.2 Å². The number of halogens is 1. The maximum atomic E-state index is 12.9. The van der Waals surface area contributed by atoms with Crippen molar-refractivity contribution in [2.75, 3.05) is 5.32 Å². The van der Waals surface area contributed by atoms with Crippen molar-refractivity contribution in [2.24, 2.45) is 0 Å². The molecule has 164 valence electrons. The van der Waals surface area contributed by atoms with Crippen molar-refractivity contribution in [3.8, 4) is 0 Å². The van der Waals surface area contributed by atoms with Gasteiger partial charge in [0.05, 0.1) is 16.6 Å². The van der Waals surface area contributed by atoms with Gasteiger partial charge < -0.3 is 5.32 Å². The molecule has 32 heavy (non-hydrogen) atoms. The highest BCUT2D eigenvalue weighted by atomic mass is 79.9. The predicted molar refractivity (Wildman–Crippen MR) is 129 cm³/mol. The van der Waals surface area contributed by atoms with Gasteiger partial charge in [-0.15, -0.1) is 5.10 Å². The van der Waals surface area contributed by atoms with E-state index in [1.54, 1.807) is 16.8 Å². The zero-order chi connectivity index (χ0) is 22.7. The fourth-order valence-electron chi connectivity index (χ4n) is 3.18. The monoisotopic (exact) mass is 512 g/mol. The van der Waals surface area contributed by atoms with Gasteiger partial charge in [-0.1, -0.05) is 45.0 Å². The first-order valence-electron chi connectivity index (χ1n) is 9.99. The number of hydrogen-bond donors (Lipinski definition) is 1. The topological polar surface area (TPSA) is 94.7 Å². The first kappa shape index (κ1) is 22.2. The van der Waals surface area contributed by atoms with Crippen LogP contribution >= 0.6 is 27.7 Å². The summed E-state index contributed by atoms with van der Waals surface area (Å²) in [5, 5.41) is 12.3. The molecule has 0 aliphatic rings. The second-order valence-corrected chi connectivity index (χ2v) is 9.29. The molecule has 2 heterocycles. The van der Waals surface area contributed by atoms with Gasteiger partial charge in [0.1, 0.15) is 6.54 Å². The zero-order valence-corrected chi connectivity index (χ0v) is 19.9. The second kappa shape index (κ2) is 9.66. The molecule has 1 N–H and O–H groups in total. The first-order valence-corrected chi connectivity index (χ1v) is 11.8. The molecule has 0 atom stereocenters. The van der Waals surface area contributed by atoms with Crippen molar-refractivity contribution in [1.82, 2.24) is 24.5 Å². The Morgan fingerprint density at radius 1 is 1.16 bits per heavy atom. The largest absolute Gasteiger partial charge is 0.324 e. The fraction of sp³-hybridized carbons (Fsp3) is 0.227. The van der Waals surface area contributed by atoms with Crippen molar-refractivity contribution in [1.29, 1.82) is 0 Å². The predicted octanol–water partition coefficient (Wildman–Crippen LogP) is 4.26. The normalized spacial score (nSPS) is 11.2. The van der Waals surface area contributed by atoms with Crippen LogP contribution in [0.25, 0.3) is 10.9 Å². The van der Waals surface area contributed by atoms with Gasteiger partial charge in [-0.2, -0.15) is 0 Å². The number of anilines is 1. The minimum absolute atomic E-state index is 0.0277. The molecule has 0 unspecified atom stereocenters. The van der Waals surface area contributed by atoms with Crippen LogP contribution in [0.3, 0.4) is 0 Å². The highest BCUT2D eigenvalue weighted by Gasteiger charge is 2.15. The van der Waals surface area contributed by atoms with Gasteiger partial charge in [0.15, 0.2) is 5.16 Å². The smallest absolute Gasteiger partial charge is 0.262 e. The highest BCUT2D eigenvalue weighted by molar-refractivity contribution is 9.10. The van der Waals surface area contributed by atoms with E-state index in [4.69, 9.17) is 0 Å². The maximum Gasteiger partial charge on any atom is 0.262 e. The van der Waals surface area contributed by atoms with Gasteiger partial charge >= 0.3 is 0 Å². The third-order valence-electron chi connectivity index (χ3n) is 4.66. The van der Waals surface area contributed by atoms with Gasteiger partial charge in [0, 0.05) is 28.2 Å². The van der Waals surface area contributed by atoms with E-state index in [9.17, 15) is 9.59 Å². The number of thioether (sulfide) groups is 1. The summed E-state index contributed by atoms with van der Waals surface area (Å²) in [5.41, 5.74) is 2.03. The van der Waals surface area contributed by atoms with Gasteiger partial charge in [-0.25, -0.2) is 9.67 Å². The molecular formula is C22H21BrN6O2S. The average molecular weight is 513 g/mol. The molecular weight excluding hydrogens is 492 g/mol. The van der Waals surface area contributed by atoms with E-state index in [0.717, 1.165) is 4.47 Å². The first-order chi connectivity index (χ1) is 15.4. The van der Waals surface area contributed by atoms with Crippen molar-refractivity contribution < 1.29 is 4.79 Å².